The van der Waals surface area contributed by atoms with Gasteiger partial charge >= 0.3 is 5.97 Å². The molecule has 0 radical (unpaired) electrons. The maximum absolute atomic E-state index is 11.8. The Bertz CT molecular complexity index is 886. The van der Waals surface area contributed by atoms with Crippen LogP contribution in [-0.4, -0.2) is 54.0 Å². The molecular formula is C29H47N3O5. The summed E-state index contributed by atoms with van der Waals surface area (Å²) in [5, 5.41) is 24.4. The number of hydrogen-bond acceptors (Lipinski definition) is 6. The number of carbonyl (C=O) groups is 1. The maximum Gasteiger partial charge on any atom is 0.302 e. The van der Waals surface area contributed by atoms with Crippen molar-refractivity contribution in [3.05, 3.63) is 23.8 Å². The molecule has 37 heavy (non-hydrogen) atoms. The standard InChI is InChI=1S/C29H47N3O5/c1-19-9-12-22(16-23(19)18-31-29(30)32-24-7-5-4-6-8-24)27(35)17-25(37-20(2)33)13-10-21-11-14-26(34)28(15-21)36-3/h11,14-15,19,22-25,27,34-35H,4-10,12-13,16-18H2,1-3H3,(H3,30,31,32)/t19-,22+,23-,25+,27+/m0/s1. The first kappa shape index (κ1) is 29.1. The fraction of sp³-hybridized carbons (Fsp3) is 0.724. The molecule has 0 aliphatic heterocycles. The topological polar surface area (TPSA) is 126 Å². The number of methoxy groups -OCH3 is 1. The Morgan fingerprint density at radius 1 is 1.22 bits per heavy atom. The molecule has 208 valence electrons. The number of aromatic hydroxyl groups is 1. The minimum Gasteiger partial charge on any atom is -0.504 e. The van der Waals surface area contributed by atoms with Gasteiger partial charge in [-0.25, -0.2) is 0 Å². The number of nitrogens with zero attached hydrogens (tertiary/aromatic N) is 1. The van der Waals surface area contributed by atoms with Crippen LogP contribution in [0.2, 0.25) is 0 Å². The molecule has 5 N–H and O–H groups in total. The lowest BCUT2D eigenvalue weighted by Crippen LogP contribution is -2.41. The molecule has 1 aromatic rings. The first-order valence-corrected chi connectivity index (χ1v) is 14.0. The first-order valence-electron chi connectivity index (χ1n) is 14.0. The number of guanidine groups is 1. The molecule has 0 spiro atoms. The average Bonchev–Trinajstić information content (AvgIpc) is 2.87. The molecule has 0 saturated heterocycles. The van der Waals surface area contributed by atoms with Gasteiger partial charge < -0.3 is 30.7 Å². The minimum absolute atomic E-state index is 0.0927. The number of benzene rings is 1. The zero-order valence-electron chi connectivity index (χ0n) is 22.8. The van der Waals surface area contributed by atoms with Gasteiger partial charge in [0.2, 0.25) is 0 Å². The Balaban J connectivity index is 1.53. The van der Waals surface area contributed by atoms with Crippen molar-refractivity contribution < 1.29 is 24.5 Å². The lowest BCUT2D eigenvalue weighted by atomic mass is 9.72. The molecule has 0 heterocycles. The normalized spacial score (nSPS) is 24.8. The second-order valence-corrected chi connectivity index (χ2v) is 11.1. The predicted molar refractivity (Wildman–Crippen MR) is 146 cm³/mol. The third kappa shape index (κ3) is 9.40. The summed E-state index contributed by atoms with van der Waals surface area (Å²) >= 11 is 0. The lowest BCUT2D eigenvalue weighted by molar-refractivity contribution is -0.148. The van der Waals surface area contributed by atoms with Gasteiger partial charge in [-0.15, -0.1) is 0 Å². The Morgan fingerprint density at radius 2 is 1.97 bits per heavy atom. The van der Waals surface area contributed by atoms with Gasteiger partial charge in [-0.3, -0.25) is 9.79 Å². The largest absolute Gasteiger partial charge is 0.504 e. The van der Waals surface area contributed by atoms with E-state index >= 15 is 0 Å². The molecule has 1 aromatic carbocycles. The third-order valence-corrected chi connectivity index (χ3v) is 8.24. The van der Waals surface area contributed by atoms with E-state index in [1.807, 2.05) is 6.07 Å². The summed E-state index contributed by atoms with van der Waals surface area (Å²) in [6.45, 7) is 4.35. The van der Waals surface area contributed by atoms with Crippen LogP contribution in [0.1, 0.15) is 83.6 Å². The van der Waals surface area contributed by atoms with E-state index in [0.29, 0.717) is 55.4 Å². The molecule has 0 amide bonds. The Morgan fingerprint density at radius 3 is 2.68 bits per heavy atom. The first-order chi connectivity index (χ1) is 17.7. The number of ether oxygens (including phenoxy) is 2. The van der Waals surface area contributed by atoms with Gasteiger partial charge in [0.25, 0.3) is 0 Å². The second kappa shape index (κ2) is 14.5. The number of aliphatic hydroxyl groups is 1. The molecule has 0 aromatic heterocycles. The van der Waals surface area contributed by atoms with Crippen LogP contribution in [0.3, 0.4) is 0 Å². The molecular weight excluding hydrogens is 470 g/mol. The van der Waals surface area contributed by atoms with Crippen LogP contribution in [0.25, 0.3) is 0 Å². The van der Waals surface area contributed by atoms with Crippen molar-refractivity contribution in [1.29, 1.82) is 0 Å². The molecule has 8 nitrogen and oxygen atoms in total. The number of esters is 1. The van der Waals surface area contributed by atoms with E-state index in [1.165, 1.54) is 33.3 Å². The van der Waals surface area contributed by atoms with Crippen LogP contribution in [-0.2, 0) is 16.0 Å². The van der Waals surface area contributed by atoms with Gasteiger partial charge in [-0.05, 0) is 74.0 Å². The number of aliphatic imine (C=N–C) groups is 1. The fourth-order valence-electron chi connectivity index (χ4n) is 5.90. The Labute approximate surface area is 222 Å². The number of rotatable bonds is 11. The molecule has 3 rings (SSSR count). The Hall–Kier alpha value is -2.48. The molecule has 0 unspecified atom stereocenters. The van der Waals surface area contributed by atoms with E-state index in [4.69, 9.17) is 15.2 Å². The van der Waals surface area contributed by atoms with Crippen LogP contribution in [0.4, 0.5) is 0 Å². The van der Waals surface area contributed by atoms with Crippen LogP contribution >= 0.6 is 0 Å². The number of phenols is 1. The number of nitrogens with two attached hydrogens (primary N) is 1. The smallest absolute Gasteiger partial charge is 0.302 e. The van der Waals surface area contributed by atoms with Crippen molar-refractivity contribution >= 4 is 11.9 Å². The quantitative estimate of drug-likeness (QED) is 0.196. The molecule has 2 aliphatic rings. The second-order valence-electron chi connectivity index (χ2n) is 11.1. The highest BCUT2D eigenvalue weighted by molar-refractivity contribution is 5.78. The highest BCUT2D eigenvalue weighted by Crippen LogP contribution is 2.37. The van der Waals surface area contributed by atoms with E-state index < -0.39 is 6.10 Å². The zero-order chi connectivity index (χ0) is 26.8. The third-order valence-electron chi connectivity index (χ3n) is 8.24. The van der Waals surface area contributed by atoms with Gasteiger partial charge in [0, 0.05) is 25.9 Å². The summed E-state index contributed by atoms with van der Waals surface area (Å²) in [4.78, 5) is 16.4. The summed E-state index contributed by atoms with van der Waals surface area (Å²) < 4.78 is 10.8. The zero-order valence-corrected chi connectivity index (χ0v) is 22.8. The number of aliphatic hydroxyl groups excluding tert-OH is 1. The molecule has 2 aliphatic carbocycles. The van der Waals surface area contributed by atoms with Crippen molar-refractivity contribution in [2.45, 2.75) is 103 Å². The number of carbonyl (C=O) groups excluding carboxylic acids is 1. The van der Waals surface area contributed by atoms with Gasteiger partial charge in [-0.1, -0.05) is 38.7 Å². The maximum atomic E-state index is 11.8. The summed E-state index contributed by atoms with van der Waals surface area (Å²) in [5.41, 5.74) is 7.18. The monoisotopic (exact) mass is 517 g/mol. The van der Waals surface area contributed by atoms with Crippen molar-refractivity contribution in [2.75, 3.05) is 13.7 Å². The van der Waals surface area contributed by atoms with Gasteiger partial charge in [0.15, 0.2) is 17.5 Å². The molecule has 2 fully saturated rings. The number of nitrogens with one attached hydrogen (secondary N) is 1. The van der Waals surface area contributed by atoms with E-state index in [1.54, 1.807) is 12.1 Å². The highest BCUT2D eigenvalue weighted by atomic mass is 16.5. The SMILES string of the molecule is COc1cc(CC[C@H](C[C@@H](O)[C@@H]2CC[C@H](C)[C@H](CN=C(N)NC3CCCCC3)C2)OC(C)=O)ccc1O. The highest BCUT2D eigenvalue weighted by Gasteiger charge is 2.33. The van der Waals surface area contributed by atoms with Gasteiger partial charge in [0.05, 0.1) is 13.2 Å². The van der Waals surface area contributed by atoms with E-state index in [0.717, 1.165) is 37.7 Å². The van der Waals surface area contributed by atoms with Crippen molar-refractivity contribution in [3.63, 3.8) is 0 Å². The van der Waals surface area contributed by atoms with Crippen LogP contribution in [0, 0.1) is 17.8 Å². The number of aryl methyl sites for hydroxylation is 1. The van der Waals surface area contributed by atoms with Crippen LogP contribution < -0.4 is 15.8 Å². The summed E-state index contributed by atoms with van der Waals surface area (Å²) in [5.74, 6) is 1.76. The van der Waals surface area contributed by atoms with Gasteiger partial charge in [-0.2, -0.15) is 0 Å². The molecule has 0 bridgehead atoms. The summed E-state index contributed by atoms with van der Waals surface area (Å²) in [6, 6.07) is 5.67. The molecule has 2 saturated carbocycles. The number of phenolic OH excluding ortho intramolecular Hbond substituents is 1. The summed E-state index contributed by atoms with van der Waals surface area (Å²) in [6.07, 6.45) is 9.75. The number of hydrogen-bond donors (Lipinski definition) is 4. The Kier molecular flexibility index (Phi) is 11.4. The van der Waals surface area contributed by atoms with E-state index in [9.17, 15) is 15.0 Å². The fourth-order valence-corrected chi connectivity index (χ4v) is 5.90. The van der Waals surface area contributed by atoms with Crippen LogP contribution in [0.5, 0.6) is 11.5 Å². The lowest BCUT2D eigenvalue weighted by Gasteiger charge is -2.36. The van der Waals surface area contributed by atoms with Crippen molar-refractivity contribution in [1.82, 2.24) is 5.32 Å². The van der Waals surface area contributed by atoms with Crippen LogP contribution in [0.15, 0.2) is 23.2 Å². The van der Waals surface area contributed by atoms with Crippen molar-refractivity contribution in [3.8, 4) is 11.5 Å². The van der Waals surface area contributed by atoms with E-state index in [-0.39, 0.29) is 23.7 Å². The minimum atomic E-state index is -0.546. The van der Waals surface area contributed by atoms with Gasteiger partial charge in [0.1, 0.15) is 6.10 Å². The summed E-state index contributed by atoms with van der Waals surface area (Å²) in [7, 11) is 1.52. The molecule has 8 heteroatoms. The van der Waals surface area contributed by atoms with E-state index in [2.05, 4.69) is 17.2 Å². The predicted octanol–water partition coefficient (Wildman–Crippen LogP) is 4.31. The van der Waals surface area contributed by atoms with Crippen molar-refractivity contribution in [2.24, 2.45) is 28.5 Å². The average molecular weight is 518 g/mol. The molecule has 5 atom stereocenters.